The van der Waals surface area contributed by atoms with Gasteiger partial charge < -0.3 is 19.5 Å². The van der Waals surface area contributed by atoms with Crippen molar-refractivity contribution in [3.63, 3.8) is 0 Å². The van der Waals surface area contributed by atoms with Gasteiger partial charge in [-0.15, -0.1) is 0 Å². The molecule has 0 saturated carbocycles. The lowest BCUT2D eigenvalue weighted by Gasteiger charge is -2.29. The van der Waals surface area contributed by atoms with E-state index in [-0.39, 0.29) is 18.7 Å². The van der Waals surface area contributed by atoms with Crippen LogP contribution in [0.4, 0.5) is 0 Å². The maximum Gasteiger partial charge on any atom is 0.316 e. The Morgan fingerprint density at radius 2 is 2.53 bits per heavy atom. The Balaban J connectivity index is 1.84. The predicted molar refractivity (Wildman–Crippen MR) is 60.7 cm³/mol. The molecule has 1 aliphatic rings. The summed E-state index contributed by atoms with van der Waals surface area (Å²) in [5.74, 6) is 0. The van der Waals surface area contributed by atoms with Crippen LogP contribution < -0.4 is 4.74 Å². The van der Waals surface area contributed by atoms with Gasteiger partial charge in [0.05, 0.1) is 18.9 Å². The van der Waals surface area contributed by atoms with Gasteiger partial charge in [0.15, 0.2) is 0 Å². The number of ether oxygens (including phenoxy) is 2. The van der Waals surface area contributed by atoms with Gasteiger partial charge >= 0.3 is 6.01 Å². The van der Waals surface area contributed by atoms with E-state index in [1.165, 1.54) is 0 Å². The van der Waals surface area contributed by atoms with Crippen molar-refractivity contribution in [2.24, 2.45) is 0 Å². The molecule has 0 spiro atoms. The molecule has 0 aromatic carbocycles. The summed E-state index contributed by atoms with van der Waals surface area (Å²) in [6, 6.07) is 1.94. The Morgan fingerprint density at radius 3 is 3.29 bits per heavy atom. The Bertz CT molecular complexity index is 362. The molecule has 0 bridgehead atoms. The monoisotopic (exact) mass is 239 g/mol. The smallest absolute Gasteiger partial charge is 0.316 e. The van der Waals surface area contributed by atoms with Crippen molar-refractivity contribution < 1.29 is 14.6 Å². The Labute approximate surface area is 100 Å². The first-order valence-electron chi connectivity index (χ1n) is 5.63. The molecule has 94 valence electrons. The third kappa shape index (κ3) is 3.62. The average Bonchev–Trinajstić information content (AvgIpc) is 2.37. The van der Waals surface area contributed by atoms with Crippen molar-refractivity contribution in [3.8, 4) is 6.01 Å². The highest BCUT2D eigenvalue weighted by Crippen LogP contribution is 2.07. The molecule has 0 amide bonds. The first kappa shape index (κ1) is 12.2. The van der Waals surface area contributed by atoms with Gasteiger partial charge in [-0.05, 0) is 13.1 Å². The fourth-order valence-electron chi connectivity index (χ4n) is 1.67. The van der Waals surface area contributed by atoms with Crippen molar-refractivity contribution in [1.82, 2.24) is 14.9 Å². The second kappa shape index (κ2) is 5.90. The van der Waals surface area contributed by atoms with E-state index in [4.69, 9.17) is 14.6 Å². The molecule has 1 aliphatic heterocycles. The van der Waals surface area contributed by atoms with Gasteiger partial charge in [-0.25, -0.2) is 4.98 Å². The fourth-order valence-corrected chi connectivity index (χ4v) is 1.67. The molecule has 6 nitrogen and oxygen atoms in total. The van der Waals surface area contributed by atoms with Gasteiger partial charge in [0.25, 0.3) is 0 Å². The molecular weight excluding hydrogens is 222 g/mol. The summed E-state index contributed by atoms with van der Waals surface area (Å²) in [6.07, 6.45) is 1.62. The van der Waals surface area contributed by atoms with Gasteiger partial charge in [0.2, 0.25) is 0 Å². The van der Waals surface area contributed by atoms with Crippen molar-refractivity contribution in [3.05, 3.63) is 18.0 Å². The molecule has 0 radical (unpaired) electrons. The first-order chi connectivity index (χ1) is 8.28. The van der Waals surface area contributed by atoms with Gasteiger partial charge in [-0.1, -0.05) is 0 Å². The van der Waals surface area contributed by atoms with Crippen LogP contribution in [0.1, 0.15) is 5.69 Å². The molecule has 1 aromatic rings. The molecule has 6 heteroatoms. The largest absolute Gasteiger partial charge is 0.461 e. The molecular formula is C11H17N3O3. The molecule has 1 atom stereocenters. The molecule has 1 saturated heterocycles. The lowest BCUT2D eigenvalue weighted by molar-refractivity contribution is -0.0417. The van der Waals surface area contributed by atoms with E-state index in [1.807, 2.05) is 0 Å². The fraction of sp³-hybridized carbons (Fsp3) is 0.636. The van der Waals surface area contributed by atoms with Crippen LogP contribution in [0, 0.1) is 0 Å². The number of nitrogens with zero attached hydrogens (tertiary/aromatic N) is 3. The van der Waals surface area contributed by atoms with Gasteiger partial charge in [0, 0.05) is 19.3 Å². The van der Waals surface area contributed by atoms with Crippen molar-refractivity contribution >= 4 is 0 Å². The van der Waals surface area contributed by atoms with Crippen LogP contribution in [0.2, 0.25) is 0 Å². The number of aliphatic hydroxyl groups is 1. The summed E-state index contributed by atoms with van der Waals surface area (Å²) in [7, 11) is 2.05. The molecule has 1 aromatic heterocycles. The number of aromatic nitrogens is 2. The quantitative estimate of drug-likeness (QED) is 0.776. The van der Waals surface area contributed by atoms with E-state index in [0.717, 1.165) is 19.7 Å². The van der Waals surface area contributed by atoms with Gasteiger partial charge in [-0.2, -0.15) is 4.98 Å². The van der Waals surface area contributed by atoms with Crippen molar-refractivity contribution in [1.29, 1.82) is 0 Å². The SMILES string of the molecule is CN1CCO[C@@H](COc2nccc(CO)n2)C1. The topological polar surface area (TPSA) is 67.7 Å². The van der Waals surface area contributed by atoms with Crippen LogP contribution in [0.5, 0.6) is 6.01 Å². The normalized spacial score (nSPS) is 21.4. The second-order valence-electron chi connectivity index (χ2n) is 4.05. The molecule has 2 rings (SSSR count). The molecule has 0 aliphatic carbocycles. The highest BCUT2D eigenvalue weighted by Gasteiger charge is 2.18. The van der Waals surface area contributed by atoms with E-state index >= 15 is 0 Å². The van der Waals surface area contributed by atoms with E-state index in [2.05, 4.69) is 21.9 Å². The lowest BCUT2D eigenvalue weighted by Crippen LogP contribution is -2.42. The van der Waals surface area contributed by atoms with Crippen LogP contribution in [-0.4, -0.2) is 59.4 Å². The maximum absolute atomic E-state index is 8.94. The number of hydrogen-bond acceptors (Lipinski definition) is 6. The number of likely N-dealkylation sites (N-methyl/N-ethyl adjacent to an activating group) is 1. The van der Waals surface area contributed by atoms with Crippen molar-refractivity contribution in [2.75, 3.05) is 33.4 Å². The van der Waals surface area contributed by atoms with Crippen LogP contribution in [-0.2, 0) is 11.3 Å². The third-order valence-electron chi connectivity index (χ3n) is 2.59. The number of hydrogen-bond donors (Lipinski definition) is 1. The minimum Gasteiger partial charge on any atom is -0.461 e. The predicted octanol–water partition coefficient (Wildman–Crippen LogP) is -0.322. The van der Waals surface area contributed by atoms with E-state index in [1.54, 1.807) is 12.3 Å². The summed E-state index contributed by atoms with van der Waals surface area (Å²) in [5, 5.41) is 8.94. The zero-order chi connectivity index (χ0) is 12.1. The average molecular weight is 239 g/mol. The number of rotatable bonds is 4. The standard InChI is InChI=1S/C11H17N3O3/c1-14-4-5-16-10(6-14)8-17-11-12-3-2-9(7-15)13-11/h2-3,10,15H,4-8H2,1H3/t10-/m1/s1. The van der Waals surface area contributed by atoms with Gasteiger partial charge in [-0.3, -0.25) is 0 Å². The van der Waals surface area contributed by atoms with Gasteiger partial charge in [0.1, 0.15) is 12.7 Å². The van der Waals surface area contributed by atoms with Crippen LogP contribution in [0.25, 0.3) is 0 Å². The lowest BCUT2D eigenvalue weighted by atomic mass is 10.3. The number of aliphatic hydroxyl groups excluding tert-OH is 1. The van der Waals surface area contributed by atoms with Crippen LogP contribution >= 0.6 is 0 Å². The second-order valence-corrected chi connectivity index (χ2v) is 4.05. The summed E-state index contributed by atoms with van der Waals surface area (Å²) >= 11 is 0. The zero-order valence-corrected chi connectivity index (χ0v) is 9.87. The minimum atomic E-state index is -0.110. The van der Waals surface area contributed by atoms with Crippen LogP contribution in [0.3, 0.4) is 0 Å². The van der Waals surface area contributed by atoms with E-state index < -0.39 is 0 Å². The zero-order valence-electron chi connectivity index (χ0n) is 9.87. The summed E-state index contributed by atoms with van der Waals surface area (Å²) in [6.45, 7) is 2.84. The first-order valence-corrected chi connectivity index (χ1v) is 5.63. The molecule has 2 heterocycles. The summed E-state index contributed by atoms with van der Waals surface area (Å²) < 4.78 is 11.0. The summed E-state index contributed by atoms with van der Waals surface area (Å²) in [5.41, 5.74) is 0.552. The molecule has 1 N–H and O–H groups in total. The molecule has 0 unspecified atom stereocenters. The van der Waals surface area contributed by atoms with E-state index in [0.29, 0.717) is 12.3 Å². The third-order valence-corrected chi connectivity index (χ3v) is 2.59. The summed E-state index contributed by atoms with van der Waals surface area (Å²) in [4.78, 5) is 10.2. The maximum atomic E-state index is 8.94. The van der Waals surface area contributed by atoms with Crippen molar-refractivity contribution in [2.45, 2.75) is 12.7 Å². The van der Waals surface area contributed by atoms with E-state index in [9.17, 15) is 0 Å². The number of morpholine rings is 1. The Morgan fingerprint density at radius 1 is 1.65 bits per heavy atom. The highest BCUT2D eigenvalue weighted by atomic mass is 16.5. The Hall–Kier alpha value is -1.24. The molecule has 17 heavy (non-hydrogen) atoms. The van der Waals surface area contributed by atoms with Crippen LogP contribution in [0.15, 0.2) is 12.3 Å². The Kier molecular flexibility index (Phi) is 4.24. The molecule has 1 fully saturated rings. The highest BCUT2D eigenvalue weighted by molar-refractivity contribution is 5.04. The minimum absolute atomic E-state index is 0.0510.